The lowest BCUT2D eigenvalue weighted by atomic mass is 10.1. The Morgan fingerprint density at radius 1 is 0.783 bits per heavy atom. The number of hydrogen-bond donors (Lipinski definition) is 0. The van der Waals surface area contributed by atoms with Crippen LogP contribution >= 0.6 is 11.8 Å². The maximum Gasteiger partial charge on any atom is 0.421 e. The number of alkyl halides is 9. The summed E-state index contributed by atoms with van der Waals surface area (Å²) in [6, 6.07) is 1.74. The second-order valence-electron chi connectivity index (χ2n) is 4.03. The highest BCUT2D eigenvalue weighted by Crippen LogP contribution is 2.62. The van der Waals surface area contributed by atoms with E-state index in [2.05, 4.69) is 0 Å². The molecule has 0 radical (unpaired) electrons. The average Bonchev–Trinajstić information content (AvgIpc) is 2.31. The summed E-state index contributed by atoms with van der Waals surface area (Å²) in [6.45, 7) is 0. The van der Waals surface area contributed by atoms with Gasteiger partial charge in [0.2, 0.25) is 0 Å². The van der Waals surface area contributed by atoms with Gasteiger partial charge in [0.1, 0.15) is 0 Å². The Morgan fingerprint density at radius 3 is 1.39 bits per heavy atom. The lowest BCUT2D eigenvalue weighted by molar-refractivity contribution is -0.384. The van der Waals surface area contributed by atoms with Gasteiger partial charge in [-0.25, -0.2) is 0 Å². The van der Waals surface area contributed by atoms with Crippen LogP contribution in [0.15, 0.2) is 29.2 Å². The van der Waals surface area contributed by atoms with Gasteiger partial charge in [0.05, 0.1) is 4.92 Å². The smallest absolute Gasteiger partial charge is 0.258 e. The van der Waals surface area contributed by atoms with Gasteiger partial charge in [-0.3, -0.25) is 10.1 Å². The van der Waals surface area contributed by atoms with Gasteiger partial charge in [0.25, 0.3) is 5.69 Å². The molecule has 0 unspecified atom stereocenters. The number of halogens is 9. The van der Waals surface area contributed by atoms with E-state index in [4.69, 9.17) is 0 Å². The van der Waals surface area contributed by atoms with Gasteiger partial charge in [-0.2, -0.15) is 39.5 Å². The second-order valence-corrected chi connectivity index (χ2v) is 5.32. The normalized spacial score (nSPS) is 14.0. The van der Waals surface area contributed by atoms with E-state index in [9.17, 15) is 49.6 Å². The standard InChI is InChI=1S/C10H4F9NO2S/c11-8(12,13)7(9(14,15)16,10(17,18)19)23-6-3-1-5(2-4-6)20(21)22/h1-4H. The molecule has 0 saturated heterocycles. The maximum absolute atomic E-state index is 12.7. The molecule has 13 heteroatoms. The van der Waals surface area contributed by atoms with Crippen molar-refractivity contribution in [2.24, 2.45) is 0 Å². The number of nitro benzene ring substituents is 1. The number of non-ortho nitro benzene ring substituents is 1. The molecule has 0 fully saturated rings. The first-order valence-corrected chi connectivity index (χ1v) is 6.09. The third kappa shape index (κ3) is 3.48. The molecule has 0 saturated carbocycles. The Hall–Kier alpha value is -1.66. The van der Waals surface area contributed by atoms with Crippen LogP contribution in [0.2, 0.25) is 0 Å². The average molecular weight is 373 g/mol. The SMILES string of the molecule is O=[N+]([O-])c1ccc(SC(C(F)(F)F)(C(F)(F)F)C(F)(F)F)cc1. The number of thioether (sulfide) groups is 1. The van der Waals surface area contributed by atoms with E-state index >= 15 is 0 Å². The summed E-state index contributed by atoms with van der Waals surface area (Å²) >= 11 is -1.52. The molecule has 0 bridgehead atoms. The highest BCUT2D eigenvalue weighted by Gasteiger charge is 2.84. The fraction of sp³-hybridized carbons (Fsp3) is 0.400. The molecule has 1 aromatic rings. The van der Waals surface area contributed by atoms with Gasteiger partial charge in [0.15, 0.2) is 0 Å². The Kier molecular flexibility index (Phi) is 4.86. The zero-order chi connectivity index (χ0) is 18.3. The lowest BCUT2D eigenvalue weighted by Gasteiger charge is -2.37. The van der Waals surface area contributed by atoms with Crippen LogP contribution in [0.3, 0.4) is 0 Å². The van der Waals surface area contributed by atoms with Crippen molar-refractivity contribution in [1.82, 2.24) is 0 Å². The number of rotatable bonds is 3. The molecule has 3 nitrogen and oxygen atoms in total. The largest absolute Gasteiger partial charge is 0.421 e. The molecule has 130 valence electrons. The summed E-state index contributed by atoms with van der Waals surface area (Å²) in [5.74, 6) is 0. The van der Waals surface area contributed by atoms with Gasteiger partial charge in [0, 0.05) is 17.0 Å². The molecule has 0 amide bonds. The van der Waals surface area contributed by atoms with Crippen LogP contribution in [0, 0.1) is 10.1 Å². The van der Waals surface area contributed by atoms with Crippen molar-refractivity contribution in [1.29, 1.82) is 0 Å². The monoisotopic (exact) mass is 373 g/mol. The predicted molar refractivity (Wildman–Crippen MR) is 59.8 cm³/mol. The van der Waals surface area contributed by atoms with Crippen LogP contribution in [0.5, 0.6) is 0 Å². The molecule has 23 heavy (non-hydrogen) atoms. The Balaban J connectivity index is 3.45. The molecule has 0 heterocycles. The maximum atomic E-state index is 12.7. The molecule has 0 aromatic heterocycles. The summed E-state index contributed by atoms with van der Waals surface area (Å²) < 4.78 is 108. The van der Waals surface area contributed by atoms with Gasteiger partial charge in [-0.05, 0) is 12.1 Å². The van der Waals surface area contributed by atoms with E-state index in [-0.39, 0.29) is 0 Å². The minimum absolute atomic E-state index is 0.376. The van der Waals surface area contributed by atoms with E-state index in [0.29, 0.717) is 24.3 Å². The molecule has 0 aliphatic rings. The van der Waals surface area contributed by atoms with Gasteiger partial charge in [-0.1, -0.05) is 11.8 Å². The van der Waals surface area contributed by atoms with Crippen LogP contribution in [-0.4, -0.2) is 28.2 Å². The Bertz CT molecular complexity index is 540. The topological polar surface area (TPSA) is 43.1 Å². The van der Waals surface area contributed by atoms with Crippen LogP contribution in [-0.2, 0) is 0 Å². The van der Waals surface area contributed by atoms with Crippen molar-refractivity contribution >= 4 is 17.4 Å². The number of nitrogens with zero attached hydrogens (tertiary/aromatic N) is 1. The molecule has 1 rings (SSSR count). The molecule has 0 aliphatic carbocycles. The Labute approximate surface area is 125 Å². The molecule has 0 atom stereocenters. The van der Waals surface area contributed by atoms with Crippen molar-refractivity contribution in [3.63, 3.8) is 0 Å². The summed E-state index contributed by atoms with van der Waals surface area (Å²) in [4.78, 5) is 8.24. The van der Waals surface area contributed by atoms with Crippen molar-refractivity contribution in [2.45, 2.75) is 28.2 Å². The lowest BCUT2D eigenvalue weighted by Crippen LogP contribution is -2.63. The van der Waals surface area contributed by atoms with Crippen LogP contribution in [0.25, 0.3) is 0 Å². The van der Waals surface area contributed by atoms with Crippen molar-refractivity contribution in [3.05, 3.63) is 34.4 Å². The minimum atomic E-state index is -6.70. The Morgan fingerprint density at radius 2 is 1.13 bits per heavy atom. The van der Waals surface area contributed by atoms with Gasteiger partial charge < -0.3 is 0 Å². The van der Waals surface area contributed by atoms with Crippen molar-refractivity contribution in [3.8, 4) is 0 Å². The molecule has 0 N–H and O–H groups in total. The second kappa shape index (κ2) is 5.76. The number of hydrogen-bond acceptors (Lipinski definition) is 3. The fourth-order valence-corrected chi connectivity index (χ4v) is 2.44. The third-order valence-corrected chi connectivity index (χ3v) is 4.02. The van der Waals surface area contributed by atoms with E-state index in [1.54, 1.807) is 0 Å². The minimum Gasteiger partial charge on any atom is -0.258 e. The highest BCUT2D eigenvalue weighted by atomic mass is 32.2. The molecular formula is C10H4F9NO2S. The van der Waals surface area contributed by atoms with Crippen LogP contribution < -0.4 is 0 Å². The predicted octanol–water partition coefficient (Wildman–Crippen LogP) is 5.11. The van der Waals surface area contributed by atoms with E-state index in [1.165, 1.54) is 0 Å². The fourth-order valence-electron chi connectivity index (χ4n) is 1.47. The van der Waals surface area contributed by atoms with E-state index < -0.39 is 50.5 Å². The number of nitro groups is 1. The summed E-state index contributed by atoms with van der Waals surface area (Å²) in [7, 11) is 0. The number of benzene rings is 1. The van der Waals surface area contributed by atoms with Crippen molar-refractivity contribution in [2.75, 3.05) is 0 Å². The van der Waals surface area contributed by atoms with E-state index in [0.717, 1.165) is 0 Å². The first-order chi connectivity index (χ1) is 10.1. The molecule has 0 spiro atoms. The molecule has 0 aliphatic heterocycles. The zero-order valence-electron chi connectivity index (χ0n) is 10.4. The quantitative estimate of drug-likeness (QED) is 0.320. The summed E-state index contributed by atoms with van der Waals surface area (Å²) in [5, 5.41) is 10.3. The van der Waals surface area contributed by atoms with Gasteiger partial charge in [-0.15, -0.1) is 0 Å². The van der Waals surface area contributed by atoms with Crippen LogP contribution in [0.1, 0.15) is 0 Å². The first-order valence-electron chi connectivity index (χ1n) is 5.27. The van der Waals surface area contributed by atoms with E-state index in [1.807, 2.05) is 0 Å². The third-order valence-electron chi connectivity index (χ3n) is 2.52. The highest BCUT2D eigenvalue weighted by molar-refractivity contribution is 8.01. The molecular weight excluding hydrogens is 369 g/mol. The van der Waals surface area contributed by atoms with Crippen molar-refractivity contribution < 1.29 is 44.4 Å². The van der Waals surface area contributed by atoms with Gasteiger partial charge >= 0.3 is 23.3 Å². The molecule has 1 aromatic carbocycles. The summed E-state index contributed by atoms with van der Waals surface area (Å²) in [5.41, 5.74) is -0.703. The zero-order valence-corrected chi connectivity index (χ0v) is 11.2. The van der Waals surface area contributed by atoms with Crippen LogP contribution in [0.4, 0.5) is 45.2 Å². The summed E-state index contributed by atoms with van der Waals surface area (Å²) in [6.07, 6.45) is -20.1. The first kappa shape index (κ1) is 19.4.